The van der Waals surface area contributed by atoms with Crippen molar-refractivity contribution >= 4 is 28.3 Å². The quantitative estimate of drug-likeness (QED) is 0.127. The molecule has 0 heterocycles. The lowest BCUT2D eigenvalue weighted by atomic mass is 9.82. The van der Waals surface area contributed by atoms with Crippen molar-refractivity contribution in [1.29, 1.82) is 0 Å². The second kappa shape index (κ2) is 20.9. The van der Waals surface area contributed by atoms with Gasteiger partial charge in [0.2, 0.25) is 0 Å². The van der Waals surface area contributed by atoms with E-state index in [9.17, 15) is 0 Å². The van der Waals surface area contributed by atoms with E-state index in [0.717, 1.165) is 19.3 Å². The summed E-state index contributed by atoms with van der Waals surface area (Å²) in [5.74, 6) is 0. The minimum Gasteiger partial charge on any atom is -0.334 e. The highest BCUT2D eigenvalue weighted by atomic mass is 15.2. The monoisotopic (exact) mass is 1080 g/mol. The molecule has 14 rings (SSSR count). The van der Waals surface area contributed by atoms with Crippen molar-refractivity contribution in [3.05, 3.63) is 305 Å². The van der Waals surface area contributed by atoms with Gasteiger partial charge in [-0.3, -0.25) is 0 Å². The number of fused-ring (bicyclic) bond motifs is 6. The Labute approximate surface area is 498 Å². The van der Waals surface area contributed by atoms with E-state index in [-0.39, 0.29) is 16.9 Å². The molecule has 2 nitrogen and oxygen atoms in total. The summed E-state index contributed by atoms with van der Waals surface area (Å²) in [5.41, 5.74) is 34.5. The van der Waals surface area contributed by atoms with E-state index in [2.05, 4.69) is 314 Å². The van der Waals surface area contributed by atoms with E-state index >= 15 is 0 Å². The number of hydrogen-bond acceptors (Lipinski definition) is 2. The lowest BCUT2D eigenvalue weighted by molar-refractivity contribution is 0.659. The summed E-state index contributed by atoms with van der Waals surface area (Å²) in [7, 11) is 0. The van der Waals surface area contributed by atoms with Crippen molar-refractivity contribution in [3.63, 3.8) is 0 Å². The first-order valence-electron chi connectivity index (χ1n) is 30.2. The zero-order valence-electron chi connectivity index (χ0n) is 49.8. The Bertz CT molecular complexity index is 4360. The summed E-state index contributed by atoms with van der Waals surface area (Å²) in [6.07, 6.45) is 14.8. The summed E-state index contributed by atoms with van der Waals surface area (Å²) in [6, 6.07) is 82.7. The van der Waals surface area contributed by atoms with Crippen molar-refractivity contribution in [2.75, 3.05) is 9.80 Å². The van der Waals surface area contributed by atoms with E-state index in [4.69, 9.17) is 0 Å². The van der Waals surface area contributed by atoms with E-state index in [1.54, 1.807) is 0 Å². The highest BCUT2D eigenvalue weighted by Crippen LogP contribution is 2.52. The number of hydrogen-bond donors (Lipinski definition) is 0. The topological polar surface area (TPSA) is 6.48 Å². The molecule has 0 saturated carbocycles. The Morgan fingerprint density at radius 2 is 0.857 bits per heavy atom. The molecule has 0 spiro atoms. The van der Waals surface area contributed by atoms with Crippen LogP contribution in [-0.2, 0) is 10.8 Å². The SMILES string of the molecule is CC1=CCC(N(c2cccc(-c3ccc(-c4ccc(-c5ccc(-c6ccc(C7=CC(N(c8ccc(C)cc8)c8ccc9c(c8)C(C)(C)c8ccccc8-9)=CCC7)cc6)cc5C)c(C)c4)cc3)c2)c2ccc3c(c2)C(C)(C)c2ccccc2-3)C=C1. The highest BCUT2D eigenvalue weighted by molar-refractivity contribution is 5.87. The Balaban J connectivity index is 0.684. The van der Waals surface area contributed by atoms with E-state index in [1.165, 1.54) is 151 Å². The molecule has 10 aromatic carbocycles. The maximum absolute atomic E-state index is 2.55. The van der Waals surface area contributed by atoms with Gasteiger partial charge in [0.1, 0.15) is 0 Å². The summed E-state index contributed by atoms with van der Waals surface area (Å²) in [5, 5.41) is 0. The maximum Gasteiger partial charge on any atom is 0.0560 e. The first-order chi connectivity index (χ1) is 40.8. The van der Waals surface area contributed by atoms with Gasteiger partial charge in [0.05, 0.1) is 6.04 Å². The lowest BCUT2D eigenvalue weighted by Gasteiger charge is -2.34. The predicted molar refractivity (Wildman–Crippen MR) is 358 cm³/mol. The molecule has 0 fully saturated rings. The molecule has 84 heavy (non-hydrogen) atoms. The average Bonchev–Trinajstić information content (AvgIpc) is 2.41. The van der Waals surface area contributed by atoms with Crippen molar-refractivity contribution in [1.82, 2.24) is 0 Å². The van der Waals surface area contributed by atoms with Gasteiger partial charge in [-0.1, -0.05) is 233 Å². The van der Waals surface area contributed by atoms with Crippen LogP contribution in [0.5, 0.6) is 0 Å². The molecule has 0 aromatic heterocycles. The molecule has 1 atom stereocenters. The van der Waals surface area contributed by atoms with Crippen LogP contribution in [0.2, 0.25) is 0 Å². The van der Waals surface area contributed by atoms with Crippen LogP contribution in [0, 0.1) is 20.8 Å². The fraction of sp³-hybridized carbons (Fsp3) is 0.171. The summed E-state index contributed by atoms with van der Waals surface area (Å²) >= 11 is 0. The van der Waals surface area contributed by atoms with Crippen LogP contribution < -0.4 is 9.80 Å². The van der Waals surface area contributed by atoms with Gasteiger partial charge in [0.15, 0.2) is 0 Å². The third-order valence-electron chi connectivity index (χ3n) is 18.9. The smallest absolute Gasteiger partial charge is 0.0560 e. The van der Waals surface area contributed by atoms with Crippen molar-refractivity contribution in [2.45, 2.75) is 91.5 Å². The molecule has 410 valence electrons. The van der Waals surface area contributed by atoms with Gasteiger partial charge < -0.3 is 9.80 Å². The molecule has 0 aliphatic heterocycles. The summed E-state index contributed by atoms with van der Waals surface area (Å²) in [6.45, 7) is 18.3. The zero-order chi connectivity index (χ0) is 57.4. The molecule has 0 saturated heterocycles. The number of anilines is 4. The number of aryl methyl sites for hydroxylation is 3. The lowest BCUT2D eigenvalue weighted by Crippen LogP contribution is -2.30. The predicted octanol–water partition coefficient (Wildman–Crippen LogP) is 22.2. The van der Waals surface area contributed by atoms with Gasteiger partial charge in [-0.15, -0.1) is 0 Å². The van der Waals surface area contributed by atoms with Crippen LogP contribution in [0.15, 0.2) is 260 Å². The fourth-order valence-corrected chi connectivity index (χ4v) is 14.2. The van der Waals surface area contributed by atoms with E-state index in [0.29, 0.717) is 0 Å². The van der Waals surface area contributed by atoms with Gasteiger partial charge in [-0.2, -0.15) is 0 Å². The molecule has 0 radical (unpaired) electrons. The molecule has 1 unspecified atom stereocenters. The number of benzene rings is 10. The Morgan fingerprint density at radius 1 is 0.381 bits per heavy atom. The van der Waals surface area contributed by atoms with Crippen LogP contribution in [0.3, 0.4) is 0 Å². The summed E-state index contributed by atoms with van der Waals surface area (Å²) in [4.78, 5) is 5.01. The Morgan fingerprint density at radius 3 is 1.42 bits per heavy atom. The standard InChI is InChI=1S/C82H72N2/c1-53-23-37-65(38-24-53)83(69-41-45-75-73-19-9-11-21-77(73)81(5,6)79(75)51-69)67-17-13-15-61(49-67)57-27-31-59(32-28-57)63-35-43-71(55(3)47-63)72-44-36-64(48-56(72)4)60-33-29-58(30-34-60)62-16-14-18-68(50-62)84(66-39-25-54(2)26-40-66)70-42-46-76-74-20-10-12-22-78(74)82(7,8)80(76)52-70/h9-13,15,17-37,39-52,65H,14,16,38H2,1-8H3. The molecule has 0 bridgehead atoms. The summed E-state index contributed by atoms with van der Waals surface area (Å²) < 4.78 is 0. The minimum absolute atomic E-state index is 0.0712. The van der Waals surface area contributed by atoms with Gasteiger partial charge in [0.25, 0.3) is 0 Å². The minimum atomic E-state index is -0.0771. The number of nitrogens with zero attached hydrogens (tertiary/aromatic N) is 2. The van der Waals surface area contributed by atoms with Crippen molar-refractivity contribution < 1.29 is 0 Å². The highest BCUT2D eigenvalue weighted by Gasteiger charge is 2.37. The fourth-order valence-electron chi connectivity index (χ4n) is 14.2. The van der Waals surface area contributed by atoms with E-state index in [1.807, 2.05) is 0 Å². The van der Waals surface area contributed by atoms with Crippen molar-refractivity contribution in [2.24, 2.45) is 0 Å². The molecule has 4 aliphatic carbocycles. The molecular formula is C82H72N2. The second-order valence-corrected chi connectivity index (χ2v) is 25.1. The zero-order valence-corrected chi connectivity index (χ0v) is 49.8. The van der Waals surface area contributed by atoms with Crippen molar-refractivity contribution in [3.8, 4) is 66.8 Å². The largest absolute Gasteiger partial charge is 0.334 e. The van der Waals surface area contributed by atoms with Gasteiger partial charge in [0, 0.05) is 39.3 Å². The van der Waals surface area contributed by atoms with Crippen LogP contribution >= 0.6 is 0 Å². The molecule has 2 heteroatoms. The second-order valence-electron chi connectivity index (χ2n) is 25.1. The molecule has 10 aromatic rings. The molecule has 4 aliphatic rings. The number of rotatable bonds is 11. The average molecular weight is 1090 g/mol. The Hall–Kier alpha value is -9.24. The third kappa shape index (κ3) is 9.30. The van der Waals surface area contributed by atoms with Gasteiger partial charge in [-0.05, 0) is 213 Å². The van der Waals surface area contributed by atoms with Crippen LogP contribution in [0.4, 0.5) is 22.7 Å². The van der Waals surface area contributed by atoms with Crippen LogP contribution in [0.1, 0.15) is 98.4 Å². The molecule has 0 N–H and O–H groups in total. The molecular weight excluding hydrogens is 1010 g/mol. The van der Waals surface area contributed by atoms with Gasteiger partial charge >= 0.3 is 0 Å². The third-order valence-corrected chi connectivity index (χ3v) is 18.9. The van der Waals surface area contributed by atoms with Crippen LogP contribution in [0.25, 0.3) is 72.3 Å². The first-order valence-corrected chi connectivity index (χ1v) is 30.2. The normalized spacial score (nSPS) is 16.0. The Kier molecular flexibility index (Phi) is 13.1. The first kappa shape index (κ1) is 52.8. The van der Waals surface area contributed by atoms with Crippen LogP contribution in [-0.4, -0.2) is 6.04 Å². The van der Waals surface area contributed by atoms with Gasteiger partial charge in [-0.25, -0.2) is 0 Å². The maximum atomic E-state index is 2.55. The number of allylic oxidation sites excluding steroid dienone is 5. The molecule has 0 amide bonds. The van der Waals surface area contributed by atoms with E-state index < -0.39 is 0 Å².